The summed E-state index contributed by atoms with van der Waals surface area (Å²) in [5, 5.41) is 3.51. The molecule has 2 aliphatic rings. The van der Waals surface area contributed by atoms with Crippen molar-refractivity contribution in [3.8, 4) is 0 Å². The van der Waals surface area contributed by atoms with Crippen molar-refractivity contribution in [3.63, 3.8) is 0 Å². The second kappa shape index (κ2) is 6.53. The third-order valence-electron chi connectivity index (χ3n) is 5.12. The molecule has 3 rings (SSSR count). The fourth-order valence-corrected chi connectivity index (χ4v) is 3.90. The van der Waals surface area contributed by atoms with Crippen LogP contribution in [-0.4, -0.2) is 22.3 Å². The van der Waals surface area contributed by atoms with Gasteiger partial charge in [-0.3, -0.25) is 0 Å². The molecule has 3 heteroatoms. The fraction of sp³-hybridized carbons (Fsp3) is 0.778. The molecule has 1 atom stereocenters. The van der Waals surface area contributed by atoms with Crippen LogP contribution < -0.4 is 5.32 Å². The lowest BCUT2D eigenvalue weighted by molar-refractivity contribution is -0.0681. The summed E-state index contributed by atoms with van der Waals surface area (Å²) in [6, 6.07) is 4.91. The molecule has 2 heterocycles. The summed E-state index contributed by atoms with van der Waals surface area (Å²) in [7, 11) is 0. The van der Waals surface area contributed by atoms with E-state index in [-0.39, 0.29) is 5.60 Å². The van der Waals surface area contributed by atoms with Crippen LogP contribution in [0.1, 0.15) is 64.5 Å². The van der Waals surface area contributed by atoms with Gasteiger partial charge < -0.3 is 14.6 Å². The fourth-order valence-electron chi connectivity index (χ4n) is 3.90. The number of aromatic nitrogens is 1. The Bertz CT molecular complexity index is 446. The third-order valence-corrected chi connectivity index (χ3v) is 5.12. The van der Waals surface area contributed by atoms with Crippen LogP contribution in [0.2, 0.25) is 0 Å². The van der Waals surface area contributed by atoms with Crippen LogP contribution in [0.3, 0.4) is 0 Å². The Labute approximate surface area is 129 Å². The van der Waals surface area contributed by atoms with E-state index >= 15 is 0 Å². The molecule has 0 aromatic carbocycles. The lowest BCUT2D eigenvalue weighted by Crippen LogP contribution is -2.32. The monoisotopic (exact) mass is 290 g/mol. The average Bonchev–Trinajstić information content (AvgIpc) is 3.06. The van der Waals surface area contributed by atoms with Gasteiger partial charge in [-0.15, -0.1) is 0 Å². The molecular weight excluding hydrogens is 260 g/mol. The van der Waals surface area contributed by atoms with Crippen molar-refractivity contribution < 1.29 is 4.74 Å². The summed E-state index contributed by atoms with van der Waals surface area (Å²) in [4.78, 5) is 0. The summed E-state index contributed by atoms with van der Waals surface area (Å²) in [6.45, 7) is 6.35. The maximum atomic E-state index is 6.50. The molecule has 1 aromatic heterocycles. The Hall–Kier alpha value is -0.800. The minimum atomic E-state index is 0.242. The first-order chi connectivity index (χ1) is 10.2. The minimum Gasteiger partial charge on any atom is -0.370 e. The van der Waals surface area contributed by atoms with Crippen molar-refractivity contribution >= 4 is 0 Å². The molecule has 21 heavy (non-hydrogen) atoms. The molecule has 1 aromatic rings. The molecular formula is C18H30N2O. The topological polar surface area (TPSA) is 26.2 Å². The summed E-state index contributed by atoms with van der Waals surface area (Å²) >= 11 is 0. The minimum absolute atomic E-state index is 0.242. The Kier molecular flexibility index (Phi) is 4.70. The number of nitrogens with zero attached hydrogens (tertiary/aromatic N) is 1. The van der Waals surface area contributed by atoms with Crippen LogP contribution in [0.25, 0.3) is 0 Å². The highest BCUT2D eigenvalue weighted by Crippen LogP contribution is 2.42. The largest absolute Gasteiger partial charge is 0.370 e. The van der Waals surface area contributed by atoms with Crippen molar-refractivity contribution in [2.24, 2.45) is 0 Å². The van der Waals surface area contributed by atoms with E-state index in [0.29, 0.717) is 12.1 Å². The zero-order valence-corrected chi connectivity index (χ0v) is 13.6. The van der Waals surface area contributed by atoms with E-state index in [1.807, 2.05) is 0 Å². The summed E-state index contributed by atoms with van der Waals surface area (Å²) in [5.74, 6) is 0. The van der Waals surface area contributed by atoms with Crippen molar-refractivity contribution in [2.45, 2.75) is 89.6 Å². The zero-order chi connectivity index (χ0) is 14.7. The molecule has 1 aliphatic carbocycles. The zero-order valence-electron chi connectivity index (χ0n) is 13.6. The lowest BCUT2D eigenvalue weighted by atomic mass is 9.83. The normalized spacial score (nSPS) is 25.0. The molecule has 118 valence electrons. The van der Waals surface area contributed by atoms with E-state index in [2.05, 4.69) is 42.1 Å². The van der Waals surface area contributed by atoms with Gasteiger partial charge in [-0.25, -0.2) is 0 Å². The van der Waals surface area contributed by atoms with E-state index in [9.17, 15) is 0 Å². The van der Waals surface area contributed by atoms with Gasteiger partial charge in [0.1, 0.15) is 0 Å². The van der Waals surface area contributed by atoms with E-state index in [1.165, 1.54) is 50.6 Å². The number of hydrogen-bond acceptors (Lipinski definition) is 2. The Morgan fingerprint density at radius 1 is 1.29 bits per heavy atom. The van der Waals surface area contributed by atoms with Crippen molar-refractivity contribution in [1.29, 1.82) is 0 Å². The van der Waals surface area contributed by atoms with Gasteiger partial charge in [-0.1, -0.05) is 33.1 Å². The molecule has 0 bridgehead atoms. The van der Waals surface area contributed by atoms with Crippen LogP contribution in [0.15, 0.2) is 18.3 Å². The summed E-state index contributed by atoms with van der Waals surface area (Å²) in [5.41, 5.74) is 1.61. The highest BCUT2D eigenvalue weighted by molar-refractivity contribution is 5.07. The lowest BCUT2D eigenvalue weighted by Gasteiger charge is -2.33. The second-order valence-corrected chi connectivity index (χ2v) is 7.21. The maximum absolute atomic E-state index is 6.50. The van der Waals surface area contributed by atoms with Crippen LogP contribution in [0.4, 0.5) is 0 Å². The molecule has 1 aliphatic heterocycles. The summed E-state index contributed by atoms with van der Waals surface area (Å²) in [6.07, 6.45) is 11.8. The highest BCUT2D eigenvalue weighted by atomic mass is 16.5. The number of ether oxygens (including phenoxy) is 1. The molecule has 2 fully saturated rings. The maximum Gasteiger partial charge on any atom is 0.0762 e. The van der Waals surface area contributed by atoms with E-state index < -0.39 is 0 Å². The standard InChI is InChI=1S/C18H30N2O/c1-15(2)19-13-16-7-6-12-20(16)14-17-8-11-18(21-17)9-4-3-5-10-18/h6-7,12,15,17,19H,3-5,8-11,13-14H2,1-2H3. The molecule has 1 spiro atoms. The molecule has 1 saturated carbocycles. The van der Waals surface area contributed by atoms with E-state index in [1.54, 1.807) is 0 Å². The first-order valence-electron chi connectivity index (χ1n) is 8.72. The van der Waals surface area contributed by atoms with Crippen LogP contribution >= 0.6 is 0 Å². The molecule has 1 saturated heterocycles. The molecule has 0 amide bonds. The number of rotatable bonds is 5. The first kappa shape index (κ1) is 15.1. The highest BCUT2D eigenvalue weighted by Gasteiger charge is 2.40. The Morgan fingerprint density at radius 2 is 2.10 bits per heavy atom. The third kappa shape index (κ3) is 3.70. The van der Waals surface area contributed by atoms with Crippen molar-refractivity contribution in [3.05, 3.63) is 24.0 Å². The van der Waals surface area contributed by atoms with Crippen LogP contribution in [0, 0.1) is 0 Å². The Morgan fingerprint density at radius 3 is 2.86 bits per heavy atom. The van der Waals surface area contributed by atoms with Gasteiger partial charge in [-0.2, -0.15) is 0 Å². The number of nitrogens with one attached hydrogen (secondary N) is 1. The van der Waals surface area contributed by atoms with Gasteiger partial charge in [0, 0.05) is 31.0 Å². The predicted octanol–water partition coefficient (Wildman–Crippen LogP) is 3.87. The first-order valence-corrected chi connectivity index (χ1v) is 8.72. The summed E-state index contributed by atoms with van der Waals surface area (Å²) < 4.78 is 8.88. The van der Waals surface area contributed by atoms with Gasteiger partial charge >= 0.3 is 0 Å². The van der Waals surface area contributed by atoms with Gasteiger partial charge in [-0.05, 0) is 37.8 Å². The molecule has 1 N–H and O–H groups in total. The van der Waals surface area contributed by atoms with E-state index in [4.69, 9.17) is 4.74 Å². The van der Waals surface area contributed by atoms with E-state index in [0.717, 1.165) is 13.1 Å². The van der Waals surface area contributed by atoms with Gasteiger partial charge in [0.2, 0.25) is 0 Å². The molecule has 3 nitrogen and oxygen atoms in total. The van der Waals surface area contributed by atoms with Gasteiger partial charge in [0.05, 0.1) is 11.7 Å². The second-order valence-electron chi connectivity index (χ2n) is 7.21. The smallest absolute Gasteiger partial charge is 0.0762 e. The predicted molar refractivity (Wildman–Crippen MR) is 86.3 cm³/mol. The quantitative estimate of drug-likeness (QED) is 0.891. The van der Waals surface area contributed by atoms with Gasteiger partial charge in [0.15, 0.2) is 0 Å². The Balaban J connectivity index is 1.56. The number of hydrogen-bond donors (Lipinski definition) is 1. The average molecular weight is 290 g/mol. The van der Waals surface area contributed by atoms with Crippen LogP contribution in [-0.2, 0) is 17.8 Å². The van der Waals surface area contributed by atoms with Crippen molar-refractivity contribution in [2.75, 3.05) is 0 Å². The van der Waals surface area contributed by atoms with Crippen LogP contribution in [0.5, 0.6) is 0 Å². The SMILES string of the molecule is CC(C)NCc1cccn1CC1CCC2(CCCCC2)O1. The van der Waals surface area contributed by atoms with Gasteiger partial charge in [0.25, 0.3) is 0 Å². The molecule has 0 radical (unpaired) electrons. The van der Waals surface area contributed by atoms with Crippen molar-refractivity contribution in [1.82, 2.24) is 9.88 Å². The molecule has 1 unspecified atom stereocenters.